The molecule has 3 rings (SSSR count). The van der Waals surface area contributed by atoms with Gasteiger partial charge in [0.05, 0.1) is 23.3 Å². The Labute approximate surface area is 224 Å². The van der Waals surface area contributed by atoms with Crippen molar-refractivity contribution in [1.82, 2.24) is 5.32 Å². The van der Waals surface area contributed by atoms with E-state index in [2.05, 4.69) is 5.32 Å². The van der Waals surface area contributed by atoms with Gasteiger partial charge >= 0.3 is 17.9 Å². The first kappa shape index (κ1) is 28.7. The summed E-state index contributed by atoms with van der Waals surface area (Å²) in [5.74, 6) is -3.35. The number of aliphatic hydroxyl groups is 1. The monoisotopic (exact) mass is 533 g/mol. The number of nitrogens with one attached hydrogen (secondary N) is 1. The summed E-state index contributed by atoms with van der Waals surface area (Å²) in [6.45, 7) is 0.257. The van der Waals surface area contributed by atoms with Crippen molar-refractivity contribution in [2.24, 2.45) is 0 Å². The van der Waals surface area contributed by atoms with Gasteiger partial charge < -0.3 is 29.4 Å². The summed E-state index contributed by atoms with van der Waals surface area (Å²) in [7, 11) is 0. The van der Waals surface area contributed by atoms with Crippen LogP contribution in [0.1, 0.15) is 38.0 Å². The predicted octanol–water partition coefficient (Wildman–Crippen LogP) is 2.36. The van der Waals surface area contributed by atoms with Crippen LogP contribution in [0.3, 0.4) is 0 Å². The zero-order chi connectivity index (χ0) is 28.2. The molecule has 0 saturated carbocycles. The lowest BCUT2D eigenvalue weighted by molar-refractivity contribution is -0.132. The van der Waals surface area contributed by atoms with Gasteiger partial charge in [-0.25, -0.2) is 14.4 Å². The topological polar surface area (TPSA) is 145 Å². The lowest BCUT2D eigenvalue weighted by Crippen LogP contribution is -2.57. The van der Waals surface area contributed by atoms with Crippen LogP contribution in [0.15, 0.2) is 91.0 Å². The highest BCUT2D eigenvalue weighted by Crippen LogP contribution is 2.21. The molecule has 0 aliphatic rings. The average molecular weight is 534 g/mol. The van der Waals surface area contributed by atoms with E-state index < -0.39 is 54.8 Å². The number of benzene rings is 3. The summed E-state index contributed by atoms with van der Waals surface area (Å²) in [5.41, 5.74) is 0.338. The molecule has 0 heterocycles. The van der Waals surface area contributed by atoms with Gasteiger partial charge in [0.2, 0.25) is 5.91 Å². The van der Waals surface area contributed by atoms with E-state index in [0.717, 1.165) is 6.92 Å². The van der Waals surface area contributed by atoms with Crippen molar-refractivity contribution in [2.75, 3.05) is 6.61 Å². The molecule has 0 aliphatic heterocycles. The molecule has 0 spiro atoms. The van der Waals surface area contributed by atoms with E-state index in [0.29, 0.717) is 6.29 Å². The number of hydrogen-bond donors (Lipinski definition) is 2. The molecule has 10 nitrogen and oxygen atoms in total. The van der Waals surface area contributed by atoms with Crippen LogP contribution >= 0.6 is 0 Å². The number of aliphatic hydroxyl groups excluding tert-OH is 1. The summed E-state index contributed by atoms with van der Waals surface area (Å²) in [4.78, 5) is 62.9. The second-order valence-electron chi connectivity index (χ2n) is 8.33. The van der Waals surface area contributed by atoms with Crippen molar-refractivity contribution in [3.8, 4) is 0 Å². The number of amides is 1. The quantitative estimate of drug-likeness (QED) is 0.204. The minimum absolute atomic E-state index is 0.101. The van der Waals surface area contributed by atoms with E-state index >= 15 is 0 Å². The number of carbonyl (C=O) groups is 5. The van der Waals surface area contributed by atoms with Crippen molar-refractivity contribution in [3.63, 3.8) is 0 Å². The van der Waals surface area contributed by atoms with Crippen LogP contribution in [0, 0.1) is 0 Å². The first-order valence-electron chi connectivity index (χ1n) is 12.0. The predicted molar refractivity (Wildman–Crippen MR) is 138 cm³/mol. The average Bonchev–Trinajstić information content (AvgIpc) is 2.97. The van der Waals surface area contributed by atoms with E-state index in [-0.39, 0.29) is 16.7 Å². The molecule has 3 aromatic carbocycles. The van der Waals surface area contributed by atoms with Crippen LogP contribution in [-0.2, 0) is 23.8 Å². The van der Waals surface area contributed by atoms with E-state index in [9.17, 15) is 29.1 Å². The second-order valence-corrected chi connectivity index (χ2v) is 8.33. The number of rotatable bonds is 12. The molecule has 3 aromatic rings. The molecule has 10 heteroatoms. The number of aldehydes is 1. The largest absolute Gasteiger partial charge is 0.452 e. The van der Waals surface area contributed by atoms with Crippen LogP contribution in [0.25, 0.3) is 0 Å². The third-order valence-electron chi connectivity index (χ3n) is 5.51. The first-order valence-corrected chi connectivity index (χ1v) is 12.0. The van der Waals surface area contributed by atoms with E-state index in [1.165, 1.54) is 36.4 Å². The Morgan fingerprint density at radius 3 is 1.44 bits per heavy atom. The lowest BCUT2D eigenvalue weighted by atomic mass is 10.0. The fourth-order valence-corrected chi connectivity index (χ4v) is 3.65. The molecule has 0 aromatic heterocycles. The molecule has 0 bridgehead atoms. The zero-order valence-corrected chi connectivity index (χ0v) is 21.0. The smallest absolute Gasteiger partial charge is 0.338 e. The molecular weight excluding hydrogens is 506 g/mol. The highest BCUT2D eigenvalue weighted by molar-refractivity contribution is 5.91. The number of esters is 3. The Hall–Kier alpha value is -4.83. The molecule has 39 heavy (non-hydrogen) atoms. The van der Waals surface area contributed by atoms with Gasteiger partial charge in [-0.1, -0.05) is 54.6 Å². The van der Waals surface area contributed by atoms with Gasteiger partial charge in [-0.3, -0.25) is 4.79 Å². The molecule has 0 aliphatic carbocycles. The Morgan fingerprint density at radius 2 is 1.08 bits per heavy atom. The van der Waals surface area contributed by atoms with E-state index in [1.807, 2.05) is 0 Å². The van der Waals surface area contributed by atoms with Crippen molar-refractivity contribution in [1.29, 1.82) is 0 Å². The van der Waals surface area contributed by atoms with Crippen LogP contribution < -0.4 is 5.32 Å². The summed E-state index contributed by atoms with van der Waals surface area (Å²) >= 11 is 0. The molecule has 0 fully saturated rings. The molecular formula is C29H27NO9. The van der Waals surface area contributed by atoms with Crippen LogP contribution in [0.5, 0.6) is 0 Å². The maximum absolute atomic E-state index is 13.1. The Bertz CT molecular complexity index is 1270. The summed E-state index contributed by atoms with van der Waals surface area (Å²) in [6.07, 6.45) is -4.73. The molecule has 4 atom stereocenters. The SMILES string of the molecule is CC(=O)N[C@@H](C=O)[C@@H](OC(=O)c1ccccc1)[C@@H](OC(=O)c1ccccc1)[C@@H](CO)OC(=O)c1ccccc1. The van der Waals surface area contributed by atoms with Gasteiger partial charge in [0.1, 0.15) is 12.3 Å². The van der Waals surface area contributed by atoms with Crippen LogP contribution in [-0.4, -0.2) is 66.2 Å². The van der Waals surface area contributed by atoms with E-state index in [4.69, 9.17) is 14.2 Å². The van der Waals surface area contributed by atoms with Gasteiger partial charge in [-0.15, -0.1) is 0 Å². The van der Waals surface area contributed by atoms with E-state index in [1.54, 1.807) is 54.6 Å². The van der Waals surface area contributed by atoms with Gasteiger partial charge in [-0.05, 0) is 36.4 Å². The molecule has 2 N–H and O–H groups in total. The maximum Gasteiger partial charge on any atom is 0.338 e. The van der Waals surface area contributed by atoms with Crippen LogP contribution in [0.4, 0.5) is 0 Å². The molecule has 202 valence electrons. The summed E-state index contributed by atoms with van der Waals surface area (Å²) < 4.78 is 16.7. The first-order chi connectivity index (χ1) is 18.8. The fourth-order valence-electron chi connectivity index (χ4n) is 3.65. The van der Waals surface area contributed by atoms with Crippen molar-refractivity contribution >= 4 is 30.1 Å². The third kappa shape index (κ3) is 8.08. The number of carbonyl (C=O) groups excluding carboxylic acids is 5. The molecule has 0 saturated heterocycles. The van der Waals surface area contributed by atoms with Crippen molar-refractivity contribution in [3.05, 3.63) is 108 Å². The second kappa shape index (κ2) is 14.2. The Balaban J connectivity index is 2.03. The molecule has 0 radical (unpaired) electrons. The lowest BCUT2D eigenvalue weighted by Gasteiger charge is -2.34. The molecule has 1 amide bonds. The standard InChI is InChI=1S/C29H27NO9/c1-19(33)30-23(17-31)25(38-28(35)21-13-7-3-8-14-21)26(39-29(36)22-15-9-4-10-16-22)24(18-32)37-27(34)20-11-5-2-6-12-20/h2-17,23-26,32H,18H2,1H3,(H,30,33)/t23-,24+,25+,26-/m0/s1. The van der Waals surface area contributed by atoms with Gasteiger partial charge in [0.15, 0.2) is 18.3 Å². The summed E-state index contributed by atoms with van der Waals surface area (Å²) in [5, 5.41) is 12.6. The van der Waals surface area contributed by atoms with Gasteiger partial charge in [-0.2, -0.15) is 0 Å². The fraction of sp³-hybridized carbons (Fsp3) is 0.207. The van der Waals surface area contributed by atoms with Gasteiger partial charge in [0, 0.05) is 6.92 Å². The number of hydrogen-bond acceptors (Lipinski definition) is 9. The highest BCUT2D eigenvalue weighted by atomic mass is 16.6. The van der Waals surface area contributed by atoms with Gasteiger partial charge in [0.25, 0.3) is 0 Å². The third-order valence-corrected chi connectivity index (χ3v) is 5.51. The Morgan fingerprint density at radius 1 is 0.692 bits per heavy atom. The zero-order valence-electron chi connectivity index (χ0n) is 21.0. The summed E-state index contributed by atoms with van der Waals surface area (Å²) in [6, 6.07) is 21.8. The number of ether oxygens (including phenoxy) is 3. The Kier molecular flexibility index (Phi) is 10.5. The normalized spacial score (nSPS) is 13.6. The minimum atomic E-state index is -1.72. The minimum Gasteiger partial charge on any atom is -0.452 e. The van der Waals surface area contributed by atoms with Crippen molar-refractivity contribution < 1.29 is 43.3 Å². The molecule has 0 unspecified atom stereocenters. The van der Waals surface area contributed by atoms with Crippen molar-refractivity contribution in [2.45, 2.75) is 31.3 Å². The highest BCUT2D eigenvalue weighted by Gasteiger charge is 2.43. The van der Waals surface area contributed by atoms with Crippen LogP contribution in [0.2, 0.25) is 0 Å². The maximum atomic E-state index is 13.1.